The molecular weight excluding hydrogens is 354 g/mol. The smallest absolute Gasteiger partial charge is 0.254 e. The van der Waals surface area contributed by atoms with E-state index in [0.29, 0.717) is 44.0 Å². The Morgan fingerprint density at radius 2 is 1.63 bits per heavy atom. The number of hydrogen-bond acceptors (Lipinski definition) is 4. The van der Waals surface area contributed by atoms with Crippen molar-refractivity contribution in [3.8, 4) is 11.5 Å². The van der Waals surface area contributed by atoms with E-state index in [4.69, 9.17) is 9.47 Å². The molecule has 1 heterocycles. The first kappa shape index (κ1) is 19.1. The first-order valence-corrected chi connectivity index (χ1v) is 8.69. The van der Waals surface area contributed by atoms with Crippen LogP contribution in [-0.2, 0) is 6.54 Å². The van der Waals surface area contributed by atoms with Gasteiger partial charge in [-0.15, -0.1) is 0 Å². The zero-order valence-corrected chi connectivity index (χ0v) is 15.4. The van der Waals surface area contributed by atoms with Gasteiger partial charge >= 0.3 is 0 Å². The molecule has 0 atom stereocenters. The normalized spacial score (nSPS) is 14.9. The minimum absolute atomic E-state index is 0.111. The van der Waals surface area contributed by atoms with Gasteiger partial charge in [0, 0.05) is 43.9 Å². The molecule has 0 aliphatic carbocycles. The maximum atomic E-state index is 13.8. The largest absolute Gasteiger partial charge is 0.496 e. The number of carbonyl (C=O) groups is 1. The Morgan fingerprint density at radius 1 is 0.963 bits per heavy atom. The average Bonchev–Trinajstić information content (AvgIpc) is 2.68. The summed E-state index contributed by atoms with van der Waals surface area (Å²) in [4.78, 5) is 16.4. The zero-order chi connectivity index (χ0) is 19.4. The molecule has 2 aromatic rings. The lowest BCUT2D eigenvalue weighted by Crippen LogP contribution is -2.48. The second-order valence-electron chi connectivity index (χ2n) is 6.37. The summed E-state index contributed by atoms with van der Waals surface area (Å²) in [6.45, 7) is 2.86. The molecule has 0 saturated carbocycles. The summed E-state index contributed by atoms with van der Waals surface area (Å²) in [6, 6.07) is 8.67. The number of nitrogens with zero attached hydrogens (tertiary/aromatic N) is 2. The molecule has 1 aliphatic heterocycles. The van der Waals surface area contributed by atoms with Crippen molar-refractivity contribution in [1.82, 2.24) is 9.80 Å². The summed E-state index contributed by atoms with van der Waals surface area (Å²) in [5, 5.41) is 0. The maximum absolute atomic E-state index is 13.8. The van der Waals surface area contributed by atoms with E-state index in [2.05, 4.69) is 4.90 Å². The second-order valence-corrected chi connectivity index (χ2v) is 6.37. The summed E-state index contributed by atoms with van der Waals surface area (Å²) in [6.07, 6.45) is 0. The van der Waals surface area contributed by atoms with Gasteiger partial charge in [-0.05, 0) is 36.4 Å². The molecule has 0 N–H and O–H groups in total. The van der Waals surface area contributed by atoms with Gasteiger partial charge < -0.3 is 14.4 Å². The average molecular weight is 376 g/mol. The molecule has 1 saturated heterocycles. The third-order valence-electron chi connectivity index (χ3n) is 4.69. The zero-order valence-electron chi connectivity index (χ0n) is 15.4. The van der Waals surface area contributed by atoms with E-state index in [1.54, 1.807) is 24.1 Å². The summed E-state index contributed by atoms with van der Waals surface area (Å²) in [5.74, 6) is -0.315. The number of carbonyl (C=O) groups excluding carboxylic acids is 1. The van der Waals surface area contributed by atoms with Crippen LogP contribution in [0.1, 0.15) is 15.9 Å². The Morgan fingerprint density at radius 3 is 2.26 bits per heavy atom. The fourth-order valence-corrected chi connectivity index (χ4v) is 3.20. The fourth-order valence-electron chi connectivity index (χ4n) is 3.20. The van der Waals surface area contributed by atoms with E-state index in [9.17, 15) is 13.6 Å². The number of piperazine rings is 1. The van der Waals surface area contributed by atoms with Gasteiger partial charge in [-0.25, -0.2) is 8.78 Å². The number of ether oxygens (including phenoxy) is 2. The molecule has 7 heteroatoms. The van der Waals surface area contributed by atoms with Crippen molar-refractivity contribution in [2.24, 2.45) is 0 Å². The van der Waals surface area contributed by atoms with Crippen LogP contribution in [-0.4, -0.2) is 56.1 Å². The molecule has 1 aliphatic rings. The van der Waals surface area contributed by atoms with Gasteiger partial charge in [-0.3, -0.25) is 9.69 Å². The lowest BCUT2D eigenvalue weighted by molar-refractivity contribution is 0.0627. The molecule has 0 bridgehead atoms. The molecule has 5 nitrogen and oxygen atoms in total. The van der Waals surface area contributed by atoms with Crippen molar-refractivity contribution in [1.29, 1.82) is 0 Å². The van der Waals surface area contributed by atoms with E-state index in [1.807, 2.05) is 0 Å². The predicted molar refractivity (Wildman–Crippen MR) is 97.1 cm³/mol. The number of halogens is 2. The van der Waals surface area contributed by atoms with Crippen LogP contribution in [0, 0.1) is 11.6 Å². The highest BCUT2D eigenvalue weighted by molar-refractivity contribution is 5.94. The number of hydrogen-bond donors (Lipinski definition) is 0. The minimum Gasteiger partial charge on any atom is -0.496 e. The highest BCUT2D eigenvalue weighted by atomic mass is 19.1. The van der Waals surface area contributed by atoms with Crippen LogP contribution in [0.5, 0.6) is 11.5 Å². The van der Waals surface area contributed by atoms with Crippen molar-refractivity contribution in [2.75, 3.05) is 40.4 Å². The fraction of sp³-hybridized carbons (Fsp3) is 0.350. The summed E-state index contributed by atoms with van der Waals surface area (Å²) in [7, 11) is 2.94. The maximum Gasteiger partial charge on any atom is 0.254 e. The molecular formula is C20H22F2N2O3. The summed E-state index contributed by atoms with van der Waals surface area (Å²) >= 11 is 0. The standard InChI is InChI=1S/C20H22F2N2O3/c1-26-18-6-4-16(21)11-15(18)13-23-7-9-24(10-8-23)20(25)14-3-5-19(27-2)17(22)12-14/h3-6,11-12H,7-10,13H2,1-2H3. The Balaban J connectivity index is 1.61. The van der Waals surface area contributed by atoms with Crippen molar-refractivity contribution in [2.45, 2.75) is 6.54 Å². The van der Waals surface area contributed by atoms with E-state index < -0.39 is 5.82 Å². The van der Waals surface area contributed by atoms with Crippen molar-refractivity contribution >= 4 is 5.91 Å². The van der Waals surface area contributed by atoms with E-state index in [0.717, 1.165) is 5.56 Å². The molecule has 0 spiro atoms. The van der Waals surface area contributed by atoms with Crippen molar-refractivity contribution in [3.63, 3.8) is 0 Å². The molecule has 144 valence electrons. The van der Waals surface area contributed by atoms with Crippen LogP contribution >= 0.6 is 0 Å². The van der Waals surface area contributed by atoms with Crippen molar-refractivity contribution in [3.05, 3.63) is 59.2 Å². The van der Waals surface area contributed by atoms with Crippen LogP contribution in [0.15, 0.2) is 36.4 Å². The SMILES string of the molecule is COc1ccc(C(=O)N2CCN(Cc3cc(F)ccc3OC)CC2)cc1F. The molecule has 1 fully saturated rings. The molecule has 3 rings (SSSR count). The predicted octanol–water partition coefficient (Wildman–Crippen LogP) is 2.94. The molecule has 1 amide bonds. The van der Waals surface area contributed by atoms with Crippen molar-refractivity contribution < 1.29 is 23.0 Å². The summed E-state index contributed by atoms with van der Waals surface area (Å²) < 4.78 is 37.5. The Kier molecular flexibility index (Phi) is 5.91. The van der Waals surface area contributed by atoms with Gasteiger partial charge in [-0.1, -0.05) is 0 Å². The Bertz CT molecular complexity index is 821. The number of methoxy groups -OCH3 is 2. The number of rotatable bonds is 5. The third kappa shape index (κ3) is 4.36. The van der Waals surface area contributed by atoms with Gasteiger partial charge in [0.2, 0.25) is 0 Å². The second kappa shape index (κ2) is 8.35. The van der Waals surface area contributed by atoms with E-state index in [1.165, 1.54) is 31.4 Å². The highest BCUT2D eigenvalue weighted by Gasteiger charge is 2.23. The first-order valence-electron chi connectivity index (χ1n) is 8.69. The van der Waals surface area contributed by atoms with Gasteiger partial charge in [0.05, 0.1) is 14.2 Å². The first-order chi connectivity index (χ1) is 13.0. The Labute approximate surface area is 157 Å². The lowest BCUT2D eigenvalue weighted by atomic mass is 10.1. The highest BCUT2D eigenvalue weighted by Crippen LogP contribution is 2.23. The quantitative estimate of drug-likeness (QED) is 0.805. The minimum atomic E-state index is -0.555. The van der Waals surface area contributed by atoms with Gasteiger partial charge in [0.15, 0.2) is 11.6 Å². The van der Waals surface area contributed by atoms with Gasteiger partial charge in [0.1, 0.15) is 11.6 Å². The molecule has 0 aromatic heterocycles. The van der Waals surface area contributed by atoms with Crippen LogP contribution in [0.4, 0.5) is 8.78 Å². The van der Waals surface area contributed by atoms with E-state index in [-0.39, 0.29) is 17.5 Å². The Hall–Kier alpha value is -2.67. The monoisotopic (exact) mass is 376 g/mol. The summed E-state index contributed by atoms with van der Waals surface area (Å²) in [5.41, 5.74) is 1.07. The number of benzene rings is 2. The van der Waals surface area contributed by atoms with Crippen LogP contribution in [0.25, 0.3) is 0 Å². The third-order valence-corrected chi connectivity index (χ3v) is 4.69. The number of amides is 1. The molecule has 27 heavy (non-hydrogen) atoms. The van der Waals surface area contributed by atoms with Gasteiger partial charge in [0.25, 0.3) is 5.91 Å². The molecule has 2 aromatic carbocycles. The molecule has 0 radical (unpaired) electrons. The van der Waals surface area contributed by atoms with Crippen LogP contribution < -0.4 is 9.47 Å². The van der Waals surface area contributed by atoms with Crippen LogP contribution in [0.3, 0.4) is 0 Å². The molecule has 0 unspecified atom stereocenters. The lowest BCUT2D eigenvalue weighted by Gasteiger charge is -2.35. The van der Waals surface area contributed by atoms with Crippen LogP contribution in [0.2, 0.25) is 0 Å². The van der Waals surface area contributed by atoms with E-state index >= 15 is 0 Å². The topological polar surface area (TPSA) is 42.0 Å². The van der Waals surface area contributed by atoms with Gasteiger partial charge in [-0.2, -0.15) is 0 Å².